The molecule has 0 bridgehead atoms. The molecule has 0 saturated heterocycles. The van der Waals surface area contributed by atoms with Crippen LogP contribution in [0.1, 0.15) is 31.5 Å². The lowest BCUT2D eigenvalue weighted by atomic mass is 10.1. The van der Waals surface area contributed by atoms with Crippen LogP contribution >= 0.6 is 11.6 Å². The number of hydrogen-bond acceptors (Lipinski definition) is 6. The Morgan fingerprint density at radius 2 is 1.87 bits per heavy atom. The summed E-state index contributed by atoms with van der Waals surface area (Å²) in [6.45, 7) is 4.05. The number of aliphatic hydroxyl groups excluding tert-OH is 1. The fourth-order valence-electron chi connectivity index (χ4n) is 3.22. The van der Waals surface area contributed by atoms with Gasteiger partial charge in [-0.15, -0.1) is 0 Å². The summed E-state index contributed by atoms with van der Waals surface area (Å²) in [6, 6.07) is 17.0. The number of benzene rings is 2. The van der Waals surface area contributed by atoms with E-state index in [9.17, 15) is 5.11 Å². The zero-order chi connectivity index (χ0) is 21.1. The molecule has 30 heavy (non-hydrogen) atoms. The largest absolute Gasteiger partial charge is 0.394 e. The van der Waals surface area contributed by atoms with E-state index in [4.69, 9.17) is 16.6 Å². The minimum Gasteiger partial charge on any atom is -0.394 e. The van der Waals surface area contributed by atoms with Gasteiger partial charge in [-0.3, -0.25) is 0 Å². The Morgan fingerprint density at radius 3 is 2.57 bits per heavy atom. The maximum Gasteiger partial charge on any atom is 0.227 e. The monoisotopic (exact) mass is 422 g/mol. The van der Waals surface area contributed by atoms with Crippen LogP contribution < -0.4 is 10.6 Å². The lowest BCUT2D eigenvalue weighted by Crippen LogP contribution is -2.17. The van der Waals surface area contributed by atoms with E-state index >= 15 is 0 Å². The Morgan fingerprint density at radius 1 is 1.07 bits per heavy atom. The van der Waals surface area contributed by atoms with E-state index < -0.39 is 0 Å². The van der Waals surface area contributed by atoms with Gasteiger partial charge < -0.3 is 20.3 Å². The molecule has 4 aromatic rings. The number of hydrogen-bond donors (Lipinski definition) is 3. The number of aliphatic hydroxyl groups is 1. The third-order valence-corrected chi connectivity index (χ3v) is 4.99. The van der Waals surface area contributed by atoms with Gasteiger partial charge in [0.15, 0.2) is 17.0 Å². The van der Waals surface area contributed by atoms with Crippen LogP contribution in [0.5, 0.6) is 0 Å². The minimum atomic E-state index is -0.335. The maximum atomic E-state index is 9.93. The van der Waals surface area contributed by atoms with E-state index in [1.807, 2.05) is 59.2 Å². The van der Waals surface area contributed by atoms with E-state index in [1.165, 1.54) is 0 Å². The van der Waals surface area contributed by atoms with Gasteiger partial charge in [-0.1, -0.05) is 48.0 Å². The number of fused-ring (bicyclic) bond motifs is 1. The zero-order valence-electron chi connectivity index (χ0n) is 16.7. The van der Waals surface area contributed by atoms with E-state index in [2.05, 4.69) is 34.4 Å². The van der Waals surface area contributed by atoms with Crippen molar-refractivity contribution in [3.8, 4) is 0 Å². The average molecular weight is 423 g/mol. The number of nitrogens with zero attached hydrogens (tertiary/aromatic N) is 4. The van der Waals surface area contributed by atoms with Gasteiger partial charge in [0.2, 0.25) is 5.95 Å². The first-order chi connectivity index (χ1) is 14.5. The van der Waals surface area contributed by atoms with Crippen LogP contribution in [0.15, 0.2) is 60.9 Å². The first-order valence-electron chi connectivity index (χ1n) is 9.74. The first-order valence-corrected chi connectivity index (χ1v) is 10.1. The second kappa shape index (κ2) is 8.69. The Kier molecular flexibility index (Phi) is 5.83. The zero-order valence-corrected chi connectivity index (χ0v) is 17.5. The minimum absolute atomic E-state index is 0.0914. The second-order valence-electron chi connectivity index (χ2n) is 7.24. The highest BCUT2D eigenvalue weighted by Gasteiger charge is 2.18. The maximum absolute atomic E-state index is 9.93. The van der Waals surface area contributed by atoms with Gasteiger partial charge in [-0.25, -0.2) is 4.98 Å². The summed E-state index contributed by atoms with van der Waals surface area (Å²) >= 11 is 6.13. The quantitative estimate of drug-likeness (QED) is 0.390. The van der Waals surface area contributed by atoms with Gasteiger partial charge >= 0.3 is 0 Å². The molecule has 0 aliphatic heterocycles. The molecule has 0 radical (unpaired) electrons. The van der Waals surface area contributed by atoms with Crippen molar-refractivity contribution in [2.24, 2.45) is 0 Å². The van der Waals surface area contributed by atoms with Gasteiger partial charge in [0.1, 0.15) is 0 Å². The average Bonchev–Trinajstić information content (AvgIpc) is 3.17. The molecule has 3 N–H and O–H groups in total. The standard InChI is InChI=1S/C22H23ClN6O/c1-14(2)29-13-24-19-20(25-17-10-6-9-16(23)11-17)27-22(28-21(19)29)26-18(12-30)15-7-4-3-5-8-15/h3-11,13-14,18,30H,12H2,1-2H3,(H2,25,26,27,28)/t18-/m1/s1. The van der Waals surface area contributed by atoms with Crippen LogP contribution in [0.3, 0.4) is 0 Å². The van der Waals surface area contributed by atoms with Crippen molar-refractivity contribution in [3.63, 3.8) is 0 Å². The third kappa shape index (κ3) is 4.22. The molecule has 1 atom stereocenters. The summed E-state index contributed by atoms with van der Waals surface area (Å²) < 4.78 is 1.99. The molecular formula is C22H23ClN6O. The molecule has 154 valence electrons. The predicted octanol–water partition coefficient (Wildman–Crippen LogP) is 4.95. The predicted molar refractivity (Wildman–Crippen MR) is 120 cm³/mol. The molecule has 0 amide bonds. The van der Waals surface area contributed by atoms with Crippen molar-refractivity contribution in [2.45, 2.75) is 25.9 Å². The lowest BCUT2D eigenvalue weighted by molar-refractivity contribution is 0.276. The summed E-state index contributed by atoms with van der Waals surface area (Å²) in [6.07, 6.45) is 1.76. The molecule has 4 rings (SSSR count). The van der Waals surface area contributed by atoms with Gasteiger partial charge in [0.05, 0.1) is 19.0 Å². The van der Waals surface area contributed by atoms with E-state index in [0.717, 1.165) is 11.3 Å². The van der Waals surface area contributed by atoms with Crippen molar-refractivity contribution in [3.05, 3.63) is 71.5 Å². The van der Waals surface area contributed by atoms with Crippen LogP contribution in [-0.4, -0.2) is 31.2 Å². The highest BCUT2D eigenvalue weighted by molar-refractivity contribution is 6.30. The Balaban J connectivity index is 1.76. The van der Waals surface area contributed by atoms with Crippen LogP contribution in [0.4, 0.5) is 17.5 Å². The molecule has 0 fully saturated rings. The van der Waals surface area contributed by atoms with Crippen molar-refractivity contribution in [1.29, 1.82) is 0 Å². The smallest absolute Gasteiger partial charge is 0.227 e. The normalized spacial score (nSPS) is 12.3. The van der Waals surface area contributed by atoms with Crippen LogP contribution in [0.2, 0.25) is 5.02 Å². The van der Waals surface area contributed by atoms with Crippen molar-refractivity contribution in [1.82, 2.24) is 19.5 Å². The molecule has 0 saturated carbocycles. The summed E-state index contributed by atoms with van der Waals surface area (Å²) in [4.78, 5) is 13.9. The Bertz CT molecular complexity index is 1150. The topological polar surface area (TPSA) is 87.9 Å². The Labute approximate surface area is 179 Å². The fourth-order valence-corrected chi connectivity index (χ4v) is 3.41. The van der Waals surface area contributed by atoms with Crippen molar-refractivity contribution >= 4 is 40.2 Å². The lowest BCUT2D eigenvalue weighted by Gasteiger charge is -2.18. The van der Waals surface area contributed by atoms with Gasteiger partial charge in [0, 0.05) is 16.8 Å². The van der Waals surface area contributed by atoms with E-state index in [-0.39, 0.29) is 18.7 Å². The summed E-state index contributed by atoms with van der Waals surface area (Å²) in [5.41, 5.74) is 3.12. The van der Waals surface area contributed by atoms with Crippen LogP contribution in [0, 0.1) is 0 Å². The molecule has 2 heterocycles. The van der Waals surface area contributed by atoms with Crippen molar-refractivity contribution < 1.29 is 5.11 Å². The molecule has 2 aromatic heterocycles. The highest BCUT2D eigenvalue weighted by Crippen LogP contribution is 2.28. The number of imidazole rings is 1. The van der Waals surface area contributed by atoms with Gasteiger partial charge in [-0.05, 0) is 37.6 Å². The molecule has 0 aliphatic rings. The van der Waals surface area contributed by atoms with Gasteiger partial charge in [-0.2, -0.15) is 9.97 Å². The molecule has 0 unspecified atom stereocenters. The number of aromatic nitrogens is 4. The molecule has 8 heteroatoms. The molecular weight excluding hydrogens is 400 g/mol. The number of nitrogens with one attached hydrogen (secondary N) is 2. The first kappa shape index (κ1) is 20.1. The van der Waals surface area contributed by atoms with Crippen LogP contribution in [0.25, 0.3) is 11.2 Å². The number of halogens is 1. The summed E-state index contributed by atoms with van der Waals surface area (Å²) in [5.74, 6) is 0.964. The second-order valence-corrected chi connectivity index (χ2v) is 7.68. The molecule has 0 aliphatic carbocycles. The molecule has 7 nitrogen and oxygen atoms in total. The number of rotatable bonds is 7. The highest BCUT2D eigenvalue weighted by atomic mass is 35.5. The molecule has 0 spiro atoms. The van der Waals surface area contributed by atoms with Gasteiger partial charge in [0.25, 0.3) is 0 Å². The summed E-state index contributed by atoms with van der Waals surface area (Å²) in [5, 5.41) is 17.1. The molecule has 2 aromatic carbocycles. The SMILES string of the molecule is CC(C)n1cnc2c(Nc3cccc(Cl)c3)nc(N[C@H](CO)c3ccccc3)nc21. The third-order valence-electron chi connectivity index (χ3n) is 4.75. The summed E-state index contributed by atoms with van der Waals surface area (Å²) in [7, 11) is 0. The van der Waals surface area contributed by atoms with Crippen molar-refractivity contribution in [2.75, 3.05) is 17.2 Å². The number of anilines is 3. The Hall–Kier alpha value is -3.16. The van der Waals surface area contributed by atoms with E-state index in [0.29, 0.717) is 28.0 Å². The van der Waals surface area contributed by atoms with Crippen LogP contribution in [-0.2, 0) is 0 Å². The fraction of sp³-hybridized carbons (Fsp3) is 0.227. The van der Waals surface area contributed by atoms with E-state index in [1.54, 1.807) is 6.33 Å².